The number of piperazine rings is 1. The maximum absolute atomic E-state index is 13.1. The second-order valence-corrected chi connectivity index (χ2v) is 8.22. The van der Waals surface area contributed by atoms with Gasteiger partial charge in [-0.15, -0.1) is 0 Å². The first-order valence-corrected chi connectivity index (χ1v) is 10.9. The van der Waals surface area contributed by atoms with E-state index in [1.165, 1.54) is 0 Å². The Morgan fingerprint density at radius 2 is 1.43 bits per heavy atom. The van der Waals surface area contributed by atoms with E-state index in [2.05, 4.69) is 6.92 Å². The summed E-state index contributed by atoms with van der Waals surface area (Å²) < 4.78 is 5.26. The normalized spacial score (nSPS) is 18.5. The van der Waals surface area contributed by atoms with Gasteiger partial charge in [0.1, 0.15) is 0 Å². The summed E-state index contributed by atoms with van der Waals surface area (Å²) in [5.41, 5.74) is 0. The zero-order chi connectivity index (χ0) is 20.5. The molecule has 7 heteroatoms. The molecule has 0 N–H and O–H groups in total. The van der Waals surface area contributed by atoms with Crippen LogP contribution in [0.1, 0.15) is 65.7 Å². The number of carbonyl (C=O) groups is 3. The molecule has 0 aromatic rings. The molecule has 28 heavy (non-hydrogen) atoms. The van der Waals surface area contributed by atoms with Crippen molar-refractivity contribution in [3.63, 3.8) is 0 Å². The molecule has 0 spiro atoms. The Morgan fingerprint density at radius 3 is 2.00 bits per heavy atom. The van der Waals surface area contributed by atoms with Gasteiger partial charge in [0.2, 0.25) is 5.91 Å². The van der Waals surface area contributed by atoms with Crippen molar-refractivity contribution in [3.05, 3.63) is 0 Å². The third-order valence-electron chi connectivity index (χ3n) is 5.52. The zero-order valence-electron chi connectivity index (χ0n) is 17.8. The number of nitrogens with zero attached hydrogens (tertiary/aromatic N) is 3. The summed E-state index contributed by atoms with van der Waals surface area (Å²) in [7, 11) is 0. The summed E-state index contributed by atoms with van der Waals surface area (Å²) in [4.78, 5) is 43.3. The van der Waals surface area contributed by atoms with Crippen molar-refractivity contribution in [3.8, 4) is 0 Å². The average Bonchev–Trinajstić information content (AvgIpc) is 3.20. The van der Waals surface area contributed by atoms with Crippen LogP contribution in [0.15, 0.2) is 0 Å². The number of hydrogen-bond donors (Lipinski definition) is 0. The molecule has 3 amide bonds. The van der Waals surface area contributed by atoms with Gasteiger partial charge in [-0.05, 0) is 33.1 Å². The van der Waals surface area contributed by atoms with Crippen LogP contribution in [0.3, 0.4) is 0 Å². The molecule has 2 aliphatic rings. The number of ether oxygens (including phenoxy) is 1. The lowest BCUT2D eigenvalue weighted by molar-refractivity contribution is -0.152. The zero-order valence-corrected chi connectivity index (χ0v) is 17.8. The van der Waals surface area contributed by atoms with Gasteiger partial charge in [-0.2, -0.15) is 0 Å². The molecular formula is C21H37N3O4. The minimum Gasteiger partial charge on any atom is -0.463 e. The molecule has 1 unspecified atom stereocenters. The van der Waals surface area contributed by atoms with Crippen LogP contribution in [-0.4, -0.2) is 78.0 Å². The number of urea groups is 1. The summed E-state index contributed by atoms with van der Waals surface area (Å²) in [5, 5.41) is 0. The van der Waals surface area contributed by atoms with E-state index < -0.39 is 0 Å². The fourth-order valence-electron chi connectivity index (χ4n) is 3.95. The molecular weight excluding hydrogens is 358 g/mol. The first kappa shape index (κ1) is 22.5. The van der Waals surface area contributed by atoms with Gasteiger partial charge in [-0.1, -0.05) is 26.2 Å². The molecule has 2 fully saturated rings. The molecule has 2 saturated heterocycles. The SMILES string of the molecule is CCCCCC(CC(=O)OC(C)C)C(=O)N1CCN(C(=O)N2CCCC2)CC1. The van der Waals surface area contributed by atoms with Crippen molar-refractivity contribution < 1.29 is 19.1 Å². The van der Waals surface area contributed by atoms with E-state index >= 15 is 0 Å². The highest BCUT2D eigenvalue weighted by molar-refractivity contribution is 5.84. The standard InChI is InChI=1S/C21H37N3O4/c1-4-5-6-9-18(16-19(25)28-17(2)3)20(26)22-12-14-24(15-13-22)21(27)23-10-7-8-11-23/h17-18H,4-16H2,1-3H3. The van der Waals surface area contributed by atoms with Gasteiger partial charge in [0.15, 0.2) is 0 Å². The van der Waals surface area contributed by atoms with Gasteiger partial charge in [0.25, 0.3) is 0 Å². The first-order valence-electron chi connectivity index (χ1n) is 10.9. The van der Waals surface area contributed by atoms with Crippen LogP contribution in [0.25, 0.3) is 0 Å². The Bertz CT molecular complexity index is 524. The Morgan fingerprint density at radius 1 is 0.857 bits per heavy atom. The van der Waals surface area contributed by atoms with Crippen LogP contribution in [0.5, 0.6) is 0 Å². The molecule has 0 bridgehead atoms. The minimum atomic E-state index is -0.321. The number of amides is 3. The Kier molecular flexibility index (Phi) is 9.06. The van der Waals surface area contributed by atoms with Gasteiger partial charge in [0.05, 0.1) is 12.5 Å². The second-order valence-electron chi connectivity index (χ2n) is 8.22. The summed E-state index contributed by atoms with van der Waals surface area (Å²) >= 11 is 0. The Labute approximate surface area is 169 Å². The topological polar surface area (TPSA) is 70.2 Å². The monoisotopic (exact) mass is 395 g/mol. The van der Waals surface area contributed by atoms with Crippen LogP contribution >= 0.6 is 0 Å². The molecule has 0 aromatic heterocycles. The largest absolute Gasteiger partial charge is 0.463 e. The molecule has 1 atom stereocenters. The molecule has 0 aliphatic carbocycles. The fraction of sp³-hybridized carbons (Fsp3) is 0.857. The van der Waals surface area contributed by atoms with E-state index in [0.717, 1.165) is 45.2 Å². The lowest BCUT2D eigenvalue weighted by Crippen LogP contribution is -2.54. The third kappa shape index (κ3) is 6.67. The van der Waals surface area contributed by atoms with Gasteiger partial charge >= 0.3 is 12.0 Å². The Hall–Kier alpha value is -1.79. The van der Waals surface area contributed by atoms with Crippen molar-refractivity contribution in [2.45, 2.75) is 71.8 Å². The quantitative estimate of drug-likeness (QED) is 0.468. The number of carbonyl (C=O) groups excluding carboxylic acids is 3. The van der Waals surface area contributed by atoms with Gasteiger partial charge in [-0.3, -0.25) is 9.59 Å². The van der Waals surface area contributed by atoms with Gasteiger partial charge < -0.3 is 19.4 Å². The number of rotatable bonds is 8. The number of esters is 1. The van der Waals surface area contributed by atoms with E-state index in [1.54, 1.807) is 0 Å². The van der Waals surface area contributed by atoms with Crippen LogP contribution in [-0.2, 0) is 14.3 Å². The predicted molar refractivity (Wildman–Crippen MR) is 108 cm³/mol. The van der Waals surface area contributed by atoms with Crippen molar-refractivity contribution in [2.75, 3.05) is 39.3 Å². The summed E-state index contributed by atoms with van der Waals surface area (Å²) in [6.45, 7) is 9.68. The van der Waals surface area contributed by atoms with Crippen LogP contribution in [0, 0.1) is 5.92 Å². The second kappa shape index (κ2) is 11.3. The highest BCUT2D eigenvalue weighted by Crippen LogP contribution is 2.20. The number of unbranched alkanes of at least 4 members (excludes halogenated alkanes) is 2. The van der Waals surface area contributed by atoms with Crippen LogP contribution in [0.2, 0.25) is 0 Å². The minimum absolute atomic E-state index is 0.0325. The van der Waals surface area contributed by atoms with Crippen molar-refractivity contribution in [1.29, 1.82) is 0 Å². The third-order valence-corrected chi connectivity index (χ3v) is 5.52. The first-order chi connectivity index (χ1) is 13.4. The molecule has 160 valence electrons. The maximum atomic E-state index is 13.1. The van der Waals surface area contributed by atoms with Gasteiger partial charge in [-0.25, -0.2) is 4.79 Å². The highest BCUT2D eigenvalue weighted by atomic mass is 16.5. The fourth-order valence-corrected chi connectivity index (χ4v) is 3.95. The molecule has 2 rings (SSSR count). The lowest BCUT2D eigenvalue weighted by atomic mass is 9.96. The summed E-state index contributed by atoms with van der Waals surface area (Å²) in [6, 6.07) is 0.101. The molecule has 2 heterocycles. The molecule has 0 radical (unpaired) electrons. The molecule has 7 nitrogen and oxygen atoms in total. The number of hydrogen-bond acceptors (Lipinski definition) is 4. The van der Waals surface area contributed by atoms with E-state index in [4.69, 9.17) is 4.74 Å². The van der Waals surface area contributed by atoms with E-state index in [-0.39, 0.29) is 36.4 Å². The average molecular weight is 396 g/mol. The lowest BCUT2D eigenvalue weighted by Gasteiger charge is -2.38. The van der Waals surface area contributed by atoms with E-state index in [9.17, 15) is 14.4 Å². The summed E-state index contributed by atoms with van der Waals surface area (Å²) in [5.74, 6) is -0.587. The predicted octanol–water partition coefficient (Wildman–Crippen LogP) is 2.88. The molecule has 0 saturated carbocycles. The summed E-state index contributed by atoms with van der Waals surface area (Å²) in [6.07, 6.45) is 5.93. The van der Waals surface area contributed by atoms with Crippen molar-refractivity contribution in [2.24, 2.45) is 5.92 Å². The molecule has 0 aromatic carbocycles. The van der Waals surface area contributed by atoms with Crippen molar-refractivity contribution >= 4 is 17.9 Å². The molecule has 2 aliphatic heterocycles. The van der Waals surface area contributed by atoms with Crippen LogP contribution < -0.4 is 0 Å². The van der Waals surface area contributed by atoms with Gasteiger partial charge in [0, 0.05) is 45.2 Å². The van der Waals surface area contributed by atoms with E-state index in [0.29, 0.717) is 32.6 Å². The smallest absolute Gasteiger partial charge is 0.320 e. The number of likely N-dealkylation sites (tertiary alicyclic amines) is 1. The van der Waals surface area contributed by atoms with Crippen LogP contribution in [0.4, 0.5) is 4.79 Å². The Balaban J connectivity index is 1.88. The highest BCUT2D eigenvalue weighted by Gasteiger charge is 2.32. The maximum Gasteiger partial charge on any atom is 0.320 e. The van der Waals surface area contributed by atoms with Crippen molar-refractivity contribution in [1.82, 2.24) is 14.7 Å². The van der Waals surface area contributed by atoms with E-state index in [1.807, 2.05) is 28.5 Å².